The maximum Gasteiger partial charge on any atom is 0.303 e. The molecule has 0 atom stereocenters. The molecule has 4 rings (SSSR count). The van der Waals surface area contributed by atoms with Gasteiger partial charge in [-0.1, -0.05) is 24.3 Å². The maximum atomic E-state index is 12.9. The van der Waals surface area contributed by atoms with Gasteiger partial charge in [-0.05, 0) is 48.4 Å². The molecule has 0 bridgehead atoms. The summed E-state index contributed by atoms with van der Waals surface area (Å²) in [6, 6.07) is 17.1. The van der Waals surface area contributed by atoms with Gasteiger partial charge < -0.3 is 19.9 Å². The molecule has 9 nitrogen and oxygen atoms in total. The fourth-order valence-electron chi connectivity index (χ4n) is 3.23. The molecule has 0 unspecified atom stereocenters. The Hall–Kier alpha value is -4.05. The third kappa shape index (κ3) is 5.24. The van der Waals surface area contributed by atoms with Gasteiger partial charge in [-0.2, -0.15) is 0 Å². The molecule has 1 amide bonds. The Bertz CT molecular complexity index is 1300. The normalized spacial score (nSPS) is 12.2. The highest BCUT2D eigenvalue weighted by molar-refractivity contribution is 7.92. The average Bonchev–Trinajstić information content (AvgIpc) is 3.26. The highest BCUT2D eigenvalue weighted by Gasteiger charge is 2.20. The number of rotatable bonds is 8. The van der Waals surface area contributed by atoms with Crippen molar-refractivity contribution in [2.24, 2.45) is 0 Å². The summed E-state index contributed by atoms with van der Waals surface area (Å²) in [7, 11) is -3.98. The molecule has 10 heteroatoms. The Morgan fingerprint density at radius 2 is 1.67 bits per heavy atom. The molecule has 0 saturated carbocycles. The maximum absolute atomic E-state index is 12.9. The van der Waals surface area contributed by atoms with Crippen LogP contribution in [0, 0.1) is 0 Å². The molecule has 0 radical (unpaired) electrons. The molecule has 1 heterocycles. The first kappa shape index (κ1) is 22.2. The van der Waals surface area contributed by atoms with Crippen LogP contribution in [0.4, 0.5) is 11.4 Å². The Kier molecular flexibility index (Phi) is 6.18. The van der Waals surface area contributed by atoms with Gasteiger partial charge in [-0.15, -0.1) is 0 Å². The van der Waals surface area contributed by atoms with Crippen molar-refractivity contribution in [3.05, 3.63) is 77.9 Å². The smallest absolute Gasteiger partial charge is 0.303 e. The van der Waals surface area contributed by atoms with Gasteiger partial charge in [-0.3, -0.25) is 14.3 Å². The minimum Gasteiger partial charge on any atom is -0.481 e. The lowest BCUT2D eigenvalue weighted by Gasteiger charge is -2.13. The number of carboxylic acids is 1. The second kappa shape index (κ2) is 9.21. The van der Waals surface area contributed by atoms with Crippen LogP contribution < -0.4 is 19.5 Å². The van der Waals surface area contributed by atoms with Gasteiger partial charge in [0.05, 0.1) is 16.1 Å². The summed E-state index contributed by atoms with van der Waals surface area (Å²) in [6.45, 7) is 0.109. The Balaban J connectivity index is 1.50. The summed E-state index contributed by atoms with van der Waals surface area (Å²) >= 11 is 0. The monoisotopic (exact) mass is 468 g/mol. The van der Waals surface area contributed by atoms with Crippen molar-refractivity contribution in [3.8, 4) is 11.5 Å². The number of anilines is 2. The van der Waals surface area contributed by atoms with E-state index in [4.69, 9.17) is 14.6 Å². The van der Waals surface area contributed by atoms with Gasteiger partial charge in [0, 0.05) is 18.2 Å². The van der Waals surface area contributed by atoms with E-state index in [9.17, 15) is 18.0 Å². The second-order valence-electron chi connectivity index (χ2n) is 7.21. The number of hydrogen-bond donors (Lipinski definition) is 3. The van der Waals surface area contributed by atoms with Crippen LogP contribution in [0.5, 0.6) is 11.5 Å². The molecular formula is C23H20N2O7S. The lowest BCUT2D eigenvalue weighted by atomic mass is 10.1. The van der Waals surface area contributed by atoms with Gasteiger partial charge in [-0.25, -0.2) is 8.42 Å². The van der Waals surface area contributed by atoms with Gasteiger partial charge in [0.25, 0.3) is 15.9 Å². The Morgan fingerprint density at radius 1 is 0.939 bits per heavy atom. The summed E-state index contributed by atoms with van der Waals surface area (Å²) in [5, 5.41) is 11.5. The van der Waals surface area contributed by atoms with Crippen LogP contribution in [-0.4, -0.2) is 32.2 Å². The number of nitrogens with one attached hydrogen (secondary N) is 2. The zero-order valence-corrected chi connectivity index (χ0v) is 18.1. The molecule has 170 valence electrons. The van der Waals surface area contributed by atoms with Crippen molar-refractivity contribution in [1.29, 1.82) is 0 Å². The number of para-hydroxylation sites is 1. The molecule has 3 N–H and O–H groups in total. The molecule has 33 heavy (non-hydrogen) atoms. The number of hydrogen-bond acceptors (Lipinski definition) is 6. The van der Waals surface area contributed by atoms with Crippen LogP contribution in [-0.2, 0) is 21.2 Å². The highest BCUT2D eigenvalue weighted by atomic mass is 32.2. The molecule has 0 spiro atoms. The van der Waals surface area contributed by atoms with Crippen LogP contribution >= 0.6 is 0 Å². The fraction of sp³-hybridized carbons (Fsp3) is 0.130. The van der Waals surface area contributed by atoms with E-state index < -0.39 is 21.9 Å². The van der Waals surface area contributed by atoms with Crippen molar-refractivity contribution >= 4 is 33.3 Å². The van der Waals surface area contributed by atoms with Gasteiger partial charge >= 0.3 is 5.97 Å². The predicted octanol–water partition coefficient (Wildman–Crippen LogP) is 3.49. The molecule has 1 aliphatic heterocycles. The van der Waals surface area contributed by atoms with Crippen LogP contribution in [0.25, 0.3) is 0 Å². The minimum absolute atomic E-state index is 0.00689. The standard InChI is InChI=1S/C23H20N2O7S/c26-22(27)12-7-15-5-9-17(10-6-15)33(29,30)25-19-4-2-1-3-18(19)23(28)24-16-8-11-20-21(13-16)32-14-31-20/h1-6,8-11,13,25H,7,12,14H2,(H,24,28)(H,26,27). The fourth-order valence-corrected chi connectivity index (χ4v) is 4.31. The lowest BCUT2D eigenvalue weighted by Crippen LogP contribution is -2.18. The average molecular weight is 468 g/mol. The minimum atomic E-state index is -3.98. The zero-order valence-electron chi connectivity index (χ0n) is 17.3. The highest BCUT2D eigenvalue weighted by Crippen LogP contribution is 2.34. The van der Waals surface area contributed by atoms with E-state index in [-0.39, 0.29) is 29.4 Å². The van der Waals surface area contributed by atoms with E-state index in [1.165, 1.54) is 24.3 Å². The lowest BCUT2D eigenvalue weighted by molar-refractivity contribution is -0.136. The van der Waals surface area contributed by atoms with E-state index in [1.54, 1.807) is 42.5 Å². The van der Waals surface area contributed by atoms with Crippen LogP contribution in [0.1, 0.15) is 22.3 Å². The first-order valence-electron chi connectivity index (χ1n) is 9.95. The molecule has 0 saturated heterocycles. The van der Waals surface area contributed by atoms with Crippen molar-refractivity contribution in [2.45, 2.75) is 17.7 Å². The SMILES string of the molecule is O=C(O)CCc1ccc(S(=O)(=O)Nc2ccccc2C(=O)Nc2ccc3c(c2)OCO3)cc1. The molecular weight excluding hydrogens is 448 g/mol. The third-order valence-electron chi connectivity index (χ3n) is 4.91. The predicted molar refractivity (Wildman–Crippen MR) is 120 cm³/mol. The quantitative estimate of drug-likeness (QED) is 0.461. The Labute approximate surface area is 190 Å². The number of amides is 1. The summed E-state index contributed by atoms with van der Waals surface area (Å²) in [4.78, 5) is 23.6. The summed E-state index contributed by atoms with van der Waals surface area (Å²) in [5.41, 5.74) is 1.43. The van der Waals surface area contributed by atoms with Crippen LogP contribution in [0.2, 0.25) is 0 Å². The van der Waals surface area contributed by atoms with E-state index in [0.29, 0.717) is 29.2 Å². The Morgan fingerprint density at radius 3 is 2.42 bits per heavy atom. The number of carbonyl (C=O) groups excluding carboxylic acids is 1. The van der Waals surface area contributed by atoms with E-state index >= 15 is 0 Å². The van der Waals surface area contributed by atoms with Gasteiger partial charge in [0.15, 0.2) is 11.5 Å². The topological polar surface area (TPSA) is 131 Å². The van der Waals surface area contributed by atoms with Crippen molar-refractivity contribution < 1.29 is 32.6 Å². The summed E-state index contributed by atoms with van der Waals surface area (Å²) < 4.78 is 38.8. The van der Waals surface area contributed by atoms with Crippen molar-refractivity contribution in [1.82, 2.24) is 0 Å². The summed E-state index contributed by atoms with van der Waals surface area (Å²) in [6.07, 6.45) is 0.252. The number of carbonyl (C=O) groups is 2. The number of ether oxygens (including phenoxy) is 2. The first-order chi connectivity index (χ1) is 15.8. The van der Waals surface area contributed by atoms with Crippen molar-refractivity contribution in [3.63, 3.8) is 0 Å². The second-order valence-corrected chi connectivity index (χ2v) is 8.89. The molecule has 0 aromatic heterocycles. The molecule has 3 aromatic rings. The van der Waals surface area contributed by atoms with Crippen LogP contribution in [0.3, 0.4) is 0 Å². The van der Waals surface area contributed by atoms with Crippen LogP contribution in [0.15, 0.2) is 71.6 Å². The molecule has 0 aliphatic carbocycles. The number of carboxylic acid groups (broad SMARTS) is 1. The van der Waals surface area contributed by atoms with Crippen molar-refractivity contribution in [2.75, 3.05) is 16.8 Å². The van der Waals surface area contributed by atoms with Gasteiger partial charge in [0.1, 0.15) is 0 Å². The molecule has 1 aliphatic rings. The number of benzene rings is 3. The van der Waals surface area contributed by atoms with E-state index in [0.717, 1.165) is 0 Å². The zero-order chi connectivity index (χ0) is 23.4. The molecule has 0 fully saturated rings. The molecule has 3 aromatic carbocycles. The summed E-state index contributed by atoms with van der Waals surface area (Å²) in [5.74, 6) is -0.344. The van der Waals surface area contributed by atoms with E-state index in [2.05, 4.69) is 10.0 Å². The van der Waals surface area contributed by atoms with E-state index in [1.807, 2.05) is 0 Å². The number of aryl methyl sites for hydroxylation is 1. The first-order valence-corrected chi connectivity index (χ1v) is 11.4. The number of fused-ring (bicyclic) bond motifs is 1. The number of aliphatic carboxylic acids is 1. The third-order valence-corrected chi connectivity index (χ3v) is 6.29. The largest absolute Gasteiger partial charge is 0.481 e. The number of sulfonamides is 1. The van der Waals surface area contributed by atoms with Gasteiger partial charge in [0.2, 0.25) is 6.79 Å².